The van der Waals surface area contributed by atoms with Crippen LogP contribution in [0.15, 0.2) is 0 Å². The Bertz CT molecular complexity index is 529. The van der Waals surface area contributed by atoms with Crippen LogP contribution in [0.4, 0.5) is 0 Å². The molecular formula is C31H64N2O4. The summed E-state index contributed by atoms with van der Waals surface area (Å²) in [6, 6.07) is 0.171. The fourth-order valence-corrected chi connectivity index (χ4v) is 4.15. The Morgan fingerprint density at radius 1 is 0.784 bits per heavy atom. The van der Waals surface area contributed by atoms with Crippen molar-refractivity contribution in [1.82, 2.24) is 9.80 Å². The van der Waals surface area contributed by atoms with Crippen LogP contribution in [-0.2, 0) is 19.1 Å². The zero-order chi connectivity index (χ0) is 28.5. The maximum atomic E-state index is 13.1. The average molecular weight is 529 g/mol. The number of amides is 1. The van der Waals surface area contributed by atoms with Gasteiger partial charge in [0.25, 0.3) is 0 Å². The van der Waals surface area contributed by atoms with E-state index < -0.39 is 0 Å². The molecular weight excluding hydrogens is 464 g/mol. The van der Waals surface area contributed by atoms with Crippen LogP contribution in [0.2, 0.25) is 0 Å². The van der Waals surface area contributed by atoms with Gasteiger partial charge < -0.3 is 19.3 Å². The lowest BCUT2D eigenvalue weighted by atomic mass is 9.96. The molecule has 0 spiro atoms. The summed E-state index contributed by atoms with van der Waals surface area (Å²) < 4.78 is 11.6. The van der Waals surface area contributed by atoms with Crippen molar-refractivity contribution in [3.63, 3.8) is 0 Å². The highest BCUT2D eigenvalue weighted by Gasteiger charge is 2.20. The third-order valence-corrected chi connectivity index (χ3v) is 7.11. The first-order valence-electron chi connectivity index (χ1n) is 15.5. The Labute approximate surface area is 231 Å². The van der Waals surface area contributed by atoms with Gasteiger partial charge in [-0.15, -0.1) is 0 Å². The Morgan fingerprint density at radius 3 is 1.95 bits per heavy atom. The smallest absolute Gasteiger partial charge is 0.308 e. The summed E-state index contributed by atoms with van der Waals surface area (Å²) in [5.41, 5.74) is 0. The first kappa shape index (κ1) is 38.0. The van der Waals surface area contributed by atoms with Gasteiger partial charge in [-0.25, -0.2) is 0 Å². The van der Waals surface area contributed by atoms with E-state index >= 15 is 0 Å². The molecule has 0 saturated carbocycles. The lowest BCUT2D eigenvalue weighted by Crippen LogP contribution is -2.41. The molecule has 0 fully saturated rings. The molecule has 6 nitrogen and oxygen atoms in total. The van der Waals surface area contributed by atoms with Crippen LogP contribution in [0.1, 0.15) is 126 Å². The van der Waals surface area contributed by atoms with E-state index in [2.05, 4.69) is 39.5 Å². The van der Waals surface area contributed by atoms with Crippen molar-refractivity contribution in [2.75, 3.05) is 46.5 Å². The molecule has 0 radical (unpaired) electrons. The van der Waals surface area contributed by atoms with Gasteiger partial charge in [0.05, 0.1) is 19.1 Å². The lowest BCUT2D eigenvalue weighted by Gasteiger charge is -2.28. The molecule has 0 aromatic rings. The Hall–Kier alpha value is -1.14. The van der Waals surface area contributed by atoms with Crippen molar-refractivity contribution >= 4 is 11.9 Å². The minimum Gasteiger partial charge on any atom is -0.464 e. The molecule has 0 bridgehead atoms. The number of ether oxygens (including phenoxy) is 2. The third kappa shape index (κ3) is 20.5. The van der Waals surface area contributed by atoms with E-state index in [0.29, 0.717) is 32.0 Å². The molecule has 0 aromatic heterocycles. The predicted octanol–water partition coefficient (Wildman–Crippen LogP) is 7.34. The standard InChI is InChI=1S/C29H58N2O4.C2H6/c1-8-12-15-18-27(17-14-10-3)24-34-21-19-31(28(32)23-26(6)30(7)11-4)20-22-35-29(33)25(5)16-13-9-2;1-2/h25-27H,8-24H2,1-7H3;1-2H3. The first-order valence-corrected chi connectivity index (χ1v) is 15.5. The van der Waals surface area contributed by atoms with E-state index in [9.17, 15) is 9.59 Å². The van der Waals surface area contributed by atoms with E-state index in [1.165, 1.54) is 44.9 Å². The fraction of sp³-hybridized carbons (Fsp3) is 0.935. The number of carbonyl (C=O) groups is 2. The van der Waals surface area contributed by atoms with Gasteiger partial charge in [-0.05, 0) is 45.7 Å². The molecule has 0 N–H and O–H groups in total. The number of nitrogens with zero attached hydrogens (tertiary/aromatic N) is 2. The summed E-state index contributed by atoms with van der Waals surface area (Å²) in [6.07, 6.45) is 12.1. The second-order valence-corrected chi connectivity index (χ2v) is 10.3. The summed E-state index contributed by atoms with van der Waals surface area (Å²) in [7, 11) is 2.04. The summed E-state index contributed by atoms with van der Waals surface area (Å²) in [5, 5.41) is 0. The maximum Gasteiger partial charge on any atom is 0.308 e. The number of rotatable bonds is 23. The predicted molar refractivity (Wildman–Crippen MR) is 158 cm³/mol. The highest BCUT2D eigenvalue weighted by Crippen LogP contribution is 2.17. The minimum absolute atomic E-state index is 0.0894. The van der Waals surface area contributed by atoms with E-state index in [-0.39, 0.29) is 30.4 Å². The lowest BCUT2D eigenvalue weighted by molar-refractivity contribution is -0.150. The van der Waals surface area contributed by atoms with Crippen LogP contribution in [0.3, 0.4) is 0 Å². The number of carbonyl (C=O) groups excluding carboxylic acids is 2. The fourth-order valence-electron chi connectivity index (χ4n) is 4.15. The van der Waals surface area contributed by atoms with Crippen molar-refractivity contribution in [3.8, 4) is 0 Å². The summed E-state index contributed by atoms with van der Waals surface area (Å²) in [6.45, 7) is 20.1. The number of esters is 1. The van der Waals surface area contributed by atoms with E-state index in [1.54, 1.807) is 0 Å². The molecule has 0 aliphatic heterocycles. The SMILES string of the molecule is CC.CCCCCC(CCCC)COCCN(CCOC(=O)C(C)CCCC)C(=O)CC(C)N(C)CC. The molecule has 0 aliphatic rings. The molecule has 0 saturated heterocycles. The van der Waals surface area contributed by atoms with Crippen LogP contribution in [-0.4, -0.2) is 74.2 Å². The second kappa shape index (κ2) is 26.5. The molecule has 3 atom stereocenters. The van der Waals surface area contributed by atoms with Gasteiger partial charge in [0.2, 0.25) is 5.91 Å². The Kier molecular flexibility index (Phi) is 27.2. The minimum atomic E-state index is -0.160. The molecule has 37 heavy (non-hydrogen) atoms. The molecule has 222 valence electrons. The zero-order valence-electron chi connectivity index (χ0n) is 26.3. The van der Waals surface area contributed by atoms with Crippen molar-refractivity contribution in [2.45, 2.75) is 132 Å². The van der Waals surface area contributed by atoms with Gasteiger partial charge in [-0.1, -0.05) is 93.4 Å². The maximum absolute atomic E-state index is 13.1. The molecule has 0 aliphatic carbocycles. The molecule has 0 heterocycles. The van der Waals surface area contributed by atoms with Crippen LogP contribution in [0, 0.1) is 11.8 Å². The molecule has 6 heteroatoms. The van der Waals surface area contributed by atoms with E-state index in [1.807, 2.05) is 32.7 Å². The van der Waals surface area contributed by atoms with Gasteiger partial charge >= 0.3 is 5.97 Å². The quantitative estimate of drug-likeness (QED) is 0.103. The van der Waals surface area contributed by atoms with E-state index in [0.717, 1.165) is 32.4 Å². The number of hydrogen-bond donors (Lipinski definition) is 0. The van der Waals surface area contributed by atoms with Crippen molar-refractivity contribution in [1.29, 1.82) is 0 Å². The van der Waals surface area contributed by atoms with Gasteiger partial charge in [0, 0.05) is 25.6 Å². The Balaban J connectivity index is 0. The normalized spacial score (nSPS) is 13.5. The molecule has 3 unspecified atom stereocenters. The van der Waals surface area contributed by atoms with E-state index in [4.69, 9.17) is 9.47 Å². The van der Waals surface area contributed by atoms with Crippen LogP contribution in [0.25, 0.3) is 0 Å². The van der Waals surface area contributed by atoms with Crippen LogP contribution in [0.5, 0.6) is 0 Å². The van der Waals surface area contributed by atoms with Gasteiger partial charge in [0.1, 0.15) is 6.61 Å². The zero-order valence-corrected chi connectivity index (χ0v) is 26.3. The third-order valence-electron chi connectivity index (χ3n) is 7.11. The Morgan fingerprint density at radius 2 is 1.35 bits per heavy atom. The van der Waals surface area contributed by atoms with Gasteiger partial charge in [-0.3, -0.25) is 9.59 Å². The molecule has 0 aromatic carbocycles. The summed E-state index contributed by atoms with van der Waals surface area (Å²) in [4.78, 5) is 29.3. The van der Waals surface area contributed by atoms with Crippen LogP contribution < -0.4 is 0 Å². The number of hydrogen-bond acceptors (Lipinski definition) is 5. The van der Waals surface area contributed by atoms with Crippen molar-refractivity contribution < 1.29 is 19.1 Å². The largest absolute Gasteiger partial charge is 0.464 e. The highest BCUT2D eigenvalue weighted by atomic mass is 16.5. The van der Waals surface area contributed by atoms with Gasteiger partial charge in [-0.2, -0.15) is 0 Å². The highest BCUT2D eigenvalue weighted by molar-refractivity contribution is 5.77. The van der Waals surface area contributed by atoms with Crippen molar-refractivity contribution in [3.05, 3.63) is 0 Å². The molecule has 1 amide bonds. The average Bonchev–Trinajstić information content (AvgIpc) is 2.91. The summed E-state index contributed by atoms with van der Waals surface area (Å²) >= 11 is 0. The van der Waals surface area contributed by atoms with Gasteiger partial charge in [0.15, 0.2) is 0 Å². The van der Waals surface area contributed by atoms with Crippen molar-refractivity contribution in [2.24, 2.45) is 11.8 Å². The summed E-state index contributed by atoms with van der Waals surface area (Å²) in [5.74, 6) is 0.455. The topological polar surface area (TPSA) is 59.1 Å². The van der Waals surface area contributed by atoms with Crippen LogP contribution >= 0.6 is 0 Å². The first-order chi connectivity index (χ1) is 17.8. The molecule has 0 rings (SSSR count). The second-order valence-electron chi connectivity index (χ2n) is 10.3. The number of unbranched alkanes of at least 4 members (excludes halogenated alkanes) is 4. The monoisotopic (exact) mass is 528 g/mol.